The third kappa shape index (κ3) is 4.68. The largest absolute Gasteiger partial charge is 0.456 e. The molecule has 0 saturated carbocycles. The molecule has 0 spiro atoms. The minimum atomic E-state index is 0.905. The van der Waals surface area contributed by atoms with Crippen LogP contribution < -0.4 is 4.90 Å². The number of para-hydroxylation sites is 5. The second-order valence-electron chi connectivity index (χ2n) is 13.7. The Morgan fingerprint density at radius 3 is 1.70 bits per heavy atom. The van der Waals surface area contributed by atoms with Crippen molar-refractivity contribution in [3.63, 3.8) is 0 Å². The molecule has 3 heteroatoms. The quantitative estimate of drug-likeness (QED) is 0.169. The highest BCUT2D eigenvalue weighted by Crippen LogP contribution is 2.44. The van der Waals surface area contributed by atoms with Gasteiger partial charge >= 0.3 is 0 Å². The van der Waals surface area contributed by atoms with Crippen molar-refractivity contribution in [3.8, 4) is 16.8 Å². The van der Waals surface area contributed by atoms with E-state index in [9.17, 15) is 0 Å². The van der Waals surface area contributed by atoms with Crippen molar-refractivity contribution in [2.24, 2.45) is 0 Å². The summed E-state index contributed by atoms with van der Waals surface area (Å²) in [5.74, 6) is 0. The first-order valence-electron chi connectivity index (χ1n) is 18.1. The maximum Gasteiger partial charge on any atom is 0.136 e. The van der Waals surface area contributed by atoms with Gasteiger partial charge in [-0.1, -0.05) is 103 Å². The molecule has 0 aliphatic carbocycles. The second-order valence-corrected chi connectivity index (χ2v) is 13.7. The summed E-state index contributed by atoms with van der Waals surface area (Å²) in [6.07, 6.45) is 0. The summed E-state index contributed by atoms with van der Waals surface area (Å²) in [4.78, 5) is 2.31. The summed E-state index contributed by atoms with van der Waals surface area (Å²) in [6, 6.07) is 69.7. The van der Waals surface area contributed by atoms with Crippen molar-refractivity contribution in [1.29, 1.82) is 0 Å². The number of anilines is 3. The van der Waals surface area contributed by atoms with E-state index in [-0.39, 0.29) is 0 Å². The van der Waals surface area contributed by atoms with E-state index >= 15 is 0 Å². The van der Waals surface area contributed by atoms with Gasteiger partial charge in [0.25, 0.3) is 0 Å². The standard InChI is InChI=1S/C50H32N2O/c1-4-14-35(15-5-1)51(36-16-6-2-7-17-36)38-26-24-33(25-27-38)41-28-34-29-50-46(40-21-11-13-23-49(40)53-50)30-42(34)43-31-45-39-20-10-12-22-47(39)52(48(45)32-44(41)43)37-18-8-3-9-19-37/h1-32H. The number of benzene rings is 9. The Kier molecular flexibility index (Phi) is 6.55. The van der Waals surface area contributed by atoms with Crippen molar-refractivity contribution in [2.45, 2.75) is 0 Å². The van der Waals surface area contributed by atoms with E-state index in [2.05, 4.69) is 198 Å². The van der Waals surface area contributed by atoms with Crippen LogP contribution in [0.5, 0.6) is 0 Å². The first-order chi connectivity index (χ1) is 26.3. The Balaban J connectivity index is 1.20. The zero-order valence-corrected chi connectivity index (χ0v) is 28.8. The average molecular weight is 677 g/mol. The van der Waals surface area contributed by atoms with Crippen molar-refractivity contribution in [2.75, 3.05) is 4.90 Å². The van der Waals surface area contributed by atoms with Crippen molar-refractivity contribution >= 4 is 82.4 Å². The summed E-state index contributed by atoms with van der Waals surface area (Å²) in [6.45, 7) is 0. The van der Waals surface area contributed by atoms with Gasteiger partial charge in [0.2, 0.25) is 0 Å². The summed E-state index contributed by atoms with van der Waals surface area (Å²) in [5, 5.41) is 9.58. The van der Waals surface area contributed by atoms with Crippen LogP contribution >= 0.6 is 0 Å². The molecule has 0 radical (unpaired) electrons. The molecule has 53 heavy (non-hydrogen) atoms. The van der Waals surface area contributed by atoms with Gasteiger partial charge in [-0.2, -0.15) is 0 Å². The Morgan fingerprint density at radius 2 is 0.962 bits per heavy atom. The molecule has 0 aliphatic rings. The molecule has 248 valence electrons. The van der Waals surface area contributed by atoms with E-state index in [0.29, 0.717) is 0 Å². The van der Waals surface area contributed by atoms with Gasteiger partial charge in [-0.25, -0.2) is 0 Å². The molecule has 0 saturated heterocycles. The molecule has 0 fully saturated rings. The zero-order chi connectivity index (χ0) is 34.9. The van der Waals surface area contributed by atoms with E-state index in [1.807, 2.05) is 6.07 Å². The SMILES string of the molecule is c1ccc(N(c2ccccc2)c2ccc(-c3cc4cc5oc6ccccc6c5cc4c4cc5c6ccccc6n(-c6ccccc6)c5cc34)cc2)cc1. The van der Waals surface area contributed by atoms with Gasteiger partial charge in [0, 0.05) is 44.3 Å². The number of rotatable bonds is 5. The maximum atomic E-state index is 6.42. The molecule has 9 aromatic carbocycles. The maximum absolute atomic E-state index is 6.42. The lowest BCUT2D eigenvalue weighted by Crippen LogP contribution is -2.09. The Hall–Kier alpha value is -7.10. The summed E-state index contributed by atoms with van der Waals surface area (Å²) in [5.41, 5.74) is 11.0. The average Bonchev–Trinajstić information content (AvgIpc) is 3.75. The van der Waals surface area contributed by atoms with Gasteiger partial charge in [-0.3, -0.25) is 0 Å². The van der Waals surface area contributed by atoms with Crippen molar-refractivity contribution in [3.05, 3.63) is 194 Å². The predicted octanol–water partition coefficient (Wildman–Crippen LogP) is 14.1. The van der Waals surface area contributed by atoms with Gasteiger partial charge < -0.3 is 13.9 Å². The van der Waals surface area contributed by atoms with Crippen LogP contribution in [0.1, 0.15) is 0 Å². The van der Waals surface area contributed by atoms with Crippen LogP contribution in [-0.2, 0) is 0 Å². The van der Waals surface area contributed by atoms with Gasteiger partial charge in [-0.05, 0) is 124 Å². The van der Waals surface area contributed by atoms with Gasteiger partial charge in [0.05, 0.1) is 11.0 Å². The fourth-order valence-corrected chi connectivity index (χ4v) is 8.32. The Morgan fingerprint density at radius 1 is 0.358 bits per heavy atom. The van der Waals surface area contributed by atoms with Crippen LogP contribution in [-0.4, -0.2) is 4.57 Å². The molecule has 11 aromatic rings. The highest BCUT2D eigenvalue weighted by Gasteiger charge is 2.19. The zero-order valence-electron chi connectivity index (χ0n) is 28.8. The lowest BCUT2D eigenvalue weighted by atomic mass is 9.91. The molecule has 2 heterocycles. The Labute approximate surface area is 306 Å². The molecule has 2 aromatic heterocycles. The van der Waals surface area contributed by atoms with Gasteiger partial charge in [0.15, 0.2) is 0 Å². The highest BCUT2D eigenvalue weighted by atomic mass is 16.3. The molecule has 0 bridgehead atoms. The number of aromatic nitrogens is 1. The summed E-state index contributed by atoms with van der Waals surface area (Å²) in [7, 11) is 0. The normalized spacial score (nSPS) is 11.8. The first-order valence-corrected chi connectivity index (χ1v) is 18.1. The Bertz CT molecular complexity index is 3100. The number of fused-ring (bicyclic) bond motifs is 9. The molecule has 0 atom stereocenters. The molecule has 0 N–H and O–H groups in total. The summed E-state index contributed by atoms with van der Waals surface area (Å²) >= 11 is 0. The van der Waals surface area contributed by atoms with E-state index in [1.54, 1.807) is 0 Å². The summed E-state index contributed by atoms with van der Waals surface area (Å²) < 4.78 is 8.82. The lowest BCUT2D eigenvalue weighted by molar-refractivity contribution is 0.669. The van der Waals surface area contributed by atoms with E-state index in [1.165, 1.54) is 43.5 Å². The van der Waals surface area contributed by atoms with Crippen LogP contribution in [0.25, 0.3) is 82.1 Å². The van der Waals surface area contributed by atoms with Crippen LogP contribution in [0.4, 0.5) is 17.1 Å². The van der Waals surface area contributed by atoms with Crippen molar-refractivity contribution < 1.29 is 4.42 Å². The molecular formula is C50H32N2O. The van der Waals surface area contributed by atoms with Crippen LogP contribution in [0.15, 0.2) is 199 Å². The second kappa shape index (κ2) is 11.7. The smallest absolute Gasteiger partial charge is 0.136 e. The van der Waals surface area contributed by atoms with E-state index in [4.69, 9.17) is 4.42 Å². The molecule has 11 rings (SSSR count). The number of furan rings is 1. The van der Waals surface area contributed by atoms with Crippen LogP contribution in [0, 0.1) is 0 Å². The molecule has 0 amide bonds. The van der Waals surface area contributed by atoms with E-state index < -0.39 is 0 Å². The predicted molar refractivity (Wildman–Crippen MR) is 223 cm³/mol. The third-order valence-corrected chi connectivity index (χ3v) is 10.7. The fraction of sp³-hybridized carbons (Fsp3) is 0. The first kappa shape index (κ1) is 29.6. The topological polar surface area (TPSA) is 21.3 Å². The third-order valence-electron chi connectivity index (χ3n) is 10.7. The van der Waals surface area contributed by atoms with Crippen LogP contribution in [0.3, 0.4) is 0 Å². The van der Waals surface area contributed by atoms with E-state index in [0.717, 1.165) is 55.6 Å². The number of nitrogens with zero attached hydrogens (tertiary/aromatic N) is 2. The monoisotopic (exact) mass is 676 g/mol. The molecule has 0 aliphatic heterocycles. The van der Waals surface area contributed by atoms with Crippen molar-refractivity contribution in [1.82, 2.24) is 4.57 Å². The fourth-order valence-electron chi connectivity index (χ4n) is 8.32. The highest BCUT2D eigenvalue weighted by molar-refractivity contribution is 6.24. The minimum absolute atomic E-state index is 0.905. The van der Waals surface area contributed by atoms with Gasteiger partial charge in [0.1, 0.15) is 11.2 Å². The number of hydrogen-bond acceptors (Lipinski definition) is 2. The van der Waals surface area contributed by atoms with Gasteiger partial charge in [-0.15, -0.1) is 0 Å². The number of hydrogen-bond donors (Lipinski definition) is 0. The molecule has 0 unspecified atom stereocenters. The molecule has 3 nitrogen and oxygen atoms in total. The van der Waals surface area contributed by atoms with Crippen LogP contribution in [0.2, 0.25) is 0 Å². The minimum Gasteiger partial charge on any atom is -0.456 e. The lowest BCUT2D eigenvalue weighted by Gasteiger charge is -2.25. The molecular weight excluding hydrogens is 645 g/mol.